The average molecular weight is 236 g/mol. The molecule has 2 rings (SSSR count). The van der Waals surface area contributed by atoms with Gasteiger partial charge in [0.1, 0.15) is 0 Å². The van der Waals surface area contributed by atoms with Gasteiger partial charge in [0.2, 0.25) is 0 Å². The van der Waals surface area contributed by atoms with E-state index >= 15 is 0 Å². The Balaban J connectivity index is 2.33. The highest BCUT2D eigenvalue weighted by Gasteiger charge is 2.43. The summed E-state index contributed by atoms with van der Waals surface area (Å²) in [5.74, 6) is 0.611. The molecule has 0 aromatic carbocycles. The van der Waals surface area contributed by atoms with Crippen molar-refractivity contribution in [3.05, 3.63) is 11.1 Å². The molecule has 0 heterocycles. The first-order valence-corrected chi connectivity index (χ1v) is 6.70. The third-order valence-electron chi connectivity index (χ3n) is 5.00. The Morgan fingerprint density at radius 2 is 2.00 bits per heavy atom. The zero-order chi connectivity index (χ0) is 12.8. The predicted octanol–water partition coefficient (Wildman–Crippen LogP) is 3.24. The van der Waals surface area contributed by atoms with Gasteiger partial charge < -0.3 is 5.11 Å². The fourth-order valence-electron chi connectivity index (χ4n) is 3.47. The van der Waals surface area contributed by atoms with Crippen LogP contribution in [-0.4, -0.2) is 16.5 Å². The lowest BCUT2D eigenvalue weighted by molar-refractivity contribution is -0.117. The van der Waals surface area contributed by atoms with E-state index in [0.717, 1.165) is 31.3 Å². The normalized spacial score (nSPS) is 34.9. The number of Topliss-reactive ketones (excluding diaryl/α,β-unsaturated/α-hetero) is 1. The Hall–Kier alpha value is -0.630. The lowest BCUT2D eigenvalue weighted by Crippen LogP contribution is -2.40. The number of rotatable bonds is 1. The highest BCUT2D eigenvalue weighted by atomic mass is 16.3. The smallest absolute Gasteiger partial charge is 0.158 e. The van der Waals surface area contributed by atoms with Gasteiger partial charge in [-0.05, 0) is 63.4 Å². The Kier molecular flexibility index (Phi) is 2.97. The van der Waals surface area contributed by atoms with Crippen LogP contribution in [0.2, 0.25) is 0 Å². The minimum Gasteiger partial charge on any atom is -0.390 e. The number of fused-ring (bicyclic) bond motifs is 1. The van der Waals surface area contributed by atoms with E-state index in [1.807, 2.05) is 20.8 Å². The van der Waals surface area contributed by atoms with Gasteiger partial charge in [0.15, 0.2) is 5.78 Å². The summed E-state index contributed by atoms with van der Waals surface area (Å²) in [5.41, 5.74) is 1.90. The Bertz CT molecular complexity index is 373. The van der Waals surface area contributed by atoms with Crippen LogP contribution in [0, 0.1) is 11.3 Å². The first kappa shape index (κ1) is 12.8. The van der Waals surface area contributed by atoms with Crippen LogP contribution in [0.25, 0.3) is 0 Å². The first-order valence-electron chi connectivity index (χ1n) is 6.70. The minimum absolute atomic E-state index is 0.222. The molecule has 0 aromatic rings. The van der Waals surface area contributed by atoms with Crippen molar-refractivity contribution >= 4 is 5.78 Å². The predicted molar refractivity (Wildman–Crippen MR) is 68.7 cm³/mol. The van der Waals surface area contributed by atoms with Crippen molar-refractivity contribution in [2.75, 3.05) is 0 Å². The first-order chi connectivity index (χ1) is 7.74. The highest BCUT2D eigenvalue weighted by Crippen LogP contribution is 2.51. The summed E-state index contributed by atoms with van der Waals surface area (Å²) in [6.07, 6.45) is 4.79. The van der Waals surface area contributed by atoms with Gasteiger partial charge in [0, 0.05) is 6.42 Å². The average Bonchev–Trinajstić information content (AvgIpc) is 2.22. The molecule has 1 saturated carbocycles. The quantitative estimate of drug-likeness (QED) is 0.759. The Morgan fingerprint density at radius 3 is 2.59 bits per heavy atom. The molecule has 0 bridgehead atoms. The van der Waals surface area contributed by atoms with Crippen LogP contribution in [-0.2, 0) is 4.79 Å². The fourth-order valence-corrected chi connectivity index (χ4v) is 3.47. The van der Waals surface area contributed by atoms with E-state index in [4.69, 9.17) is 0 Å². The van der Waals surface area contributed by atoms with Crippen molar-refractivity contribution in [1.29, 1.82) is 0 Å². The van der Waals surface area contributed by atoms with Crippen molar-refractivity contribution in [2.24, 2.45) is 11.3 Å². The number of carbonyl (C=O) groups is 1. The van der Waals surface area contributed by atoms with Crippen molar-refractivity contribution in [1.82, 2.24) is 0 Å². The summed E-state index contributed by atoms with van der Waals surface area (Å²) in [5, 5.41) is 10.2. The molecule has 17 heavy (non-hydrogen) atoms. The summed E-state index contributed by atoms with van der Waals surface area (Å²) in [6.45, 7) is 8.04. The molecule has 0 radical (unpaired) electrons. The SMILES string of the molecule is CC1=C2C[C@@H](C(C)(C)O)CC[C@]2(C)CCC1=O. The molecule has 1 N–H and O–H groups in total. The maximum atomic E-state index is 11.8. The van der Waals surface area contributed by atoms with E-state index in [9.17, 15) is 9.90 Å². The Labute approximate surface area is 104 Å². The van der Waals surface area contributed by atoms with Crippen molar-refractivity contribution in [3.63, 3.8) is 0 Å². The molecule has 2 aliphatic rings. The van der Waals surface area contributed by atoms with Crippen LogP contribution in [0.3, 0.4) is 0 Å². The standard InChI is InChI=1S/C15H24O2/c1-10-12-9-11(14(2,3)17)5-7-15(12,4)8-6-13(10)16/h11,17H,5-9H2,1-4H3/t11-,15+/m0/s1. The zero-order valence-corrected chi connectivity index (χ0v) is 11.5. The molecule has 0 unspecified atom stereocenters. The summed E-state index contributed by atoms with van der Waals surface area (Å²) in [4.78, 5) is 11.8. The number of hydrogen-bond acceptors (Lipinski definition) is 2. The van der Waals surface area contributed by atoms with Gasteiger partial charge in [-0.3, -0.25) is 4.79 Å². The van der Waals surface area contributed by atoms with Crippen LogP contribution in [0.4, 0.5) is 0 Å². The molecule has 1 fully saturated rings. The maximum absolute atomic E-state index is 11.8. The molecule has 0 aromatic heterocycles. The van der Waals surface area contributed by atoms with E-state index < -0.39 is 5.60 Å². The van der Waals surface area contributed by atoms with E-state index in [1.54, 1.807) is 0 Å². The second-order valence-electron chi connectivity index (χ2n) is 6.68. The van der Waals surface area contributed by atoms with Gasteiger partial charge in [-0.2, -0.15) is 0 Å². The molecule has 0 spiro atoms. The van der Waals surface area contributed by atoms with Gasteiger partial charge in [0.05, 0.1) is 5.60 Å². The lowest BCUT2D eigenvalue weighted by Gasteiger charge is -2.46. The van der Waals surface area contributed by atoms with Crippen molar-refractivity contribution in [2.45, 2.75) is 65.4 Å². The Morgan fingerprint density at radius 1 is 1.35 bits per heavy atom. The molecule has 96 valence electrons. The largest absolute Gasteiger partial charge is 0.390 e. The van der Waals surface area contributed by atoms with E-state index in [-0.39, 0.29) is 5.41 Å². The summed E-state index contributed by atoms with van der Waals surface area (Å²) in [6, 6.07) is 0. The monoisotopic (exact) mass is 236 g/mol. The van der Waals surface area contributed by atoms with Crippen LogP contribution in [0.1, 0.15) is 59.8 Å². The fraction of sp³-hybridized carbons (Fsp3) is 0.800. The number of carbonyl (C=O) groups excluding carboxylic acids is 1. The van der Waals surface area contributed by atoms with Gasteiger partial charge in [-0.25, -0.2) is 0 Å². The molecule has 2 aliphatic carbocycles. The van der Waals surface area contributed by atoms with Gasteiger partial charge in [0.25, 0.3) is 0 Å². The number of allylic oxidation sites excluding steroid dienone is 2. The van der Waals surface area contributed by atoms with Crippen LogP contribution in [0.5, 0.6) is 0 Å². The van der Waals surface area contributed by atoms with E-state index in [1.165, 1.54) is 5.57 Å². The van der Waals surface area contributed by atoms with E-state index in [0.29, 0.717) is 18.1 Å². The molecule has 0 saturated heterocycles. The minimum atomic E-state index is -0.630. The second kappa shape index (κ2) is 3.94. The molecule has 2 nitrogen and oxygen atoms in total. The van der Waals surface area contributed by atoms with Crippen LogP contribution in [0.15, 0.2) is 11.1 Å². The third-order valence-corrected chi connectivity index (χ3v) is 5.00. The molecule has 2 atom stereocenters. The van der Waals surface area contributed by atoms with Gasteiger partial charge >= 0.3 is 0 Å². The summed E-state index contributed by atoms with van der Waals surface area (Å²) < 4.78 is 0. The second-order valence-corrected chi connectivity index (χ2v) is 6.68. The summed E-state index contributed by atoms with van der Waals surface area (Å²) >= 11 is 0. The molecule has 0 amide bonds. The van der Waals surface area contributed by atoms with Gasteiger partial charge in [-0.15, -0.1) is 0 Å². The zero-order valence-electron chi connectivity index (χ0n) is 11.5. The van der Waals surface area contributed by atoms with Crippen molar-refractivity contribution < 1.29 is 9.90 Å². The van der Waals surface area contributed by atoms with Crippen LogP contribution < -0.4 is 0 Å². The lowest BCUT2D eigenvalue weighted by atomic mass is 9.59. The summed E-state index contributed by atoms with van der Waals surface area (Å²) in [7, 11) is 0. The molecular formula is C15H24O2. The third kappa shape index (κ3) is 2.20. The number of aliphatic hydroxyl groups is 1. The molecular weight excluding hydrogens is 212 g/mol. The number of ketones is 1. The van der Waals surface area contributed by atoms with E-state index in [2.05, 4.69) is 6.92 Å². The highest BCUT2D eigenvalue weighted by molar-refractivity contribution is 5.96. The van der Waals surface area contributed by atoms with Crippen LogP contribution >= 0.6 is 0 Å². The molecule has 0 aliphatic heterocycles. The number of hydrogen-bond donors (Lipinski definition) is 1. The maximum Gasteiger partial charge on any atom is 0.158 e. The topological polar surface area (TPSA) is 37.3 Å². The van der Waals surface area contributed by atoms with Gasteiger partial charge in [-0.1, -0.05) is 12.5 Å². The van der Waals surface area contributed by atoms with Crippen molar-refractivity contribution in [3.8, 4) is 0 Å². The molecule has 2 heteroatoms.